The molecular formula is C24H31N5O4. The van der Waals surface area contributed by atoms with Gasteiger partial charge in [0, 0.05) is 25.7 Å². The molecule has 2 aromatic heterocycles. The monoisotopic (exact) mass is 453 g/mol. The third-order valence-corrected chi connectivity index (χ3v) is 5.79. The topological polar surface area (TPSA) is 102 Å². The van der Waals surface area contributed by atoms with E-state index in [2.05, 4.69) is 20.2 Å². The lowest BCUT2D eigenvalue weighted by molar-refractivity contribution is 0.208. The molecule has 3 aromatic rings. The number of benzene rings is 1. The molecule has 0 unspecified atom stereocenters. The summed E-state index contributed by atoms with van der Waals surface area (Å²) in [6.07, 6.45) is 3.41. The Kier molecular flexibility index (Phi) is 7.10. The van der Waals surface area contributed by atoms with Crippen molar-refractivity contribution in [2.75, 3.05) is 45.2 Å². The van der Waals surface area contributed by atoms with E-state index in [0.717, 1.165) is 25.2 Å². The Balaban J connectivity index is 1.64. The smallest absolute Gasteiger partial charge is 0.264 e. The van der Waals surface area contributed by atoms with Crippen LogP contribution < -0.4 is 20.3 Å². The number of hydrogen-bond acceptors (Lipinski definition) is 8. The number of likely N-dealkylation sites (tertiary alicyclic amines) is 1. The number of ether oxygens (including phenoxy) is 2. The molecule has 0 amide bonds. The van der Waals surface area contributed by atoms with Gasteiger partial charge in [-0.15, -0.1) is 0 Å². The molecule has 176 valence electrons. The molecule has 9 heteroatoms. The summed E-state index contributed by atoms with van der Waals surface area (Å²) < 4.78 is 13.0. The maximum absolute atomic E-state index is 12.7. The summed E-state index contributed by atoms with van der Waals surface area (Å²) in [5.74, 6) is 1.69. The SMILES string of the molecule is COc1cc(-c2cc3ncn(C)c(=O)c3c(NC[C@H](C)O)n2)ccc1OCCN1CCCC1. The fraction of sp³-hybridized carbons (Fsp3) is 0.458. The molecule has 1 saturated heterocycles. The summed E-state index contributed by atoms with van der Waals surface area (Å²) in [6.45, 7) is 5.70. The Hall–Kier alpha value is -3.17. The van der Waals surface area contributed by atoms with Gasteiger partial charge in [0.1, 0.15) is 17.8 Å². The normalized spacial score (nSPS) is 15.0. The molecule has 0 spiro atoms. The van der Waals surface area contributed by atoms with E-state index >= 15 is 0 Å². The zero-order valence-electron chi connectivity index (χ0n) is 19.4. The number of fused-ring (bicyclic) bond motifs is 1. The number of nitrogens with one attached hydrogen (secondary N) is 1. The number of anilines is 1. The molecular weight excluding hydrogens is 422 g/mol. The summed E-state index contributed by atoms with van der Waals surface area (Å²) >= 11 is 0. The summed E-state index contributed by atoms with van der Waals surface area (Å²) in [6, 6.07) is 7.46. The second kappa shape index (κ2) is 10.2. The van der Waals surface area contributed by atoms with Crippen molar-refractivity contribution in [3.8, 4) is 22.8 Å². The Labute approximate surface area is 193 Å². The van der Waals surface area contributed by atoms with Crippen molar-refractivity contribution in [2.45, 2.75) is 25.9 Å². The highest BCUT2D eigenvalue weighted by Crippen LogP contribution is 2.33. The van der Waals surface area contributed by atoms with Gasteiger partial charge in [-0.25, -0.2) is 9.97 Å². The van der Waals surface area contributed by atoms with Crippen LogP contribution in [-0.4, -0.2) is 70.5 Å². The quantitative estimate of drug-likeness (QED) is 0.509. The summed E-state index contributed by atoms with van der Waals surface area (Å²) in [5, 5.41) is 13.2. The summed E-state index contributed by atoms with van der Waals surface area (Å²) in [7, 11) is 3.26. The standard InChI is InChI=1S/C24H31N5O4/c1-16(30)14-25-23-22-19(26-15-28(2)24(22)31)13-18(27-23)17-6-7-20(21(12-17)32-3)33-11-10-29-8-4-5-9-29/h6-7,12-13,15-16,30H,4-5,8-11,14H2,1-3H3,(H,25,27)/t16-/m0/s1. The number of aromatic nitrogens is 3. The third-order valence-electron chi connectivity index (χ3n) is 5.79. The molecule has 3 heterocycles. The number of aliphatic hydroxyl groups excluding tert-OH is 1. The van der Waals surface area contributed by atoms with Gasteiger partial charge < -0.3 is 24.5 Å². The van der Waals surface area contributed by atoms with Crippen LogP contribution in [0.25, 0.3) is 22.2 Å². The van der Waals surface area contributed by atoms with E-state index in [1.165, 1.54) is 23.7 Å². The first-order valence-corrected chi connectivity index (χ1v) is 11.3. The van der Waals surface area contributed by atoms with Crippen LogP contribution in [0, 0.1) is 0 Å². The van der Waals surface area contributed by atoms with Crippen molar-refractivity contribution in [1.82, 2.24) is 19.4 Å². The van der Waals surface area contributed by atoms with Gasteiger partial charge in [-0.1, -0.05) is 0 Å². The van der Waals surface area contributed by atoms with Gasteiger partial charge in [-0.05, 0) is 57.1 Å². The third kappa shape index (κ3) is 5.26. The number of rotatable bonds is 9. The molecule has 0 saturated carbocycles. The van der Waals surface area contributed by atoms with Gasteiger partial charge in [-0.2, -0.15) is 0 Å². The first-order valence-electron chi connectivity index (χ1n) is 11.3. The van der Waals surface area contributed by atoms with Gasteiger partial charge >= 0.3 is 0 Å². The van der Waals surface area contributed by atoms with Gasteiger partial charge in [-0.3, -0.25) is 9.69 Å². The van der Waals surface area contributed by atoms with E-state index in [1.54, 1.807) is 27.1 Å². The first-order chi connectivity index (χ1) is 16.0. The van der Waals surface area contributed by atoms with Crippen LogP contribution in [0.15, 0.2) is 35.4 Å². The van der Waals surface area contributed by atoms with Crippen molar-refractivity contribution in [3.05, 3.63) is 40.9 Å². The van der Waals surface area contributed by atoms with Gasteiger partial charge in [0.25, 0.3) is 5.56 Å². The Morgan fingerprint density at radius 2 is 2.00 bits per heavy atom. The largest absolute Gasteiger partial charge is 0.493 e. The number of pyridine rings is 1. The molecule has 9 nitrogen and oxygen atoms in total. The van der Waals surface area contributed by atoms with Crippen LogP contribution >= 0.6 is 0 Å². The molecule has 1 aliphatic rings. The minimum Gasteiger partial charge on any atom is -0.493 e. The van der Waals surface area contributed by atoms with Crippen LogP contribution in [0.3, 0.4) is 0 Å². The van der Waals surface area contributed by atoms with Crippen molar-refractivity contribution < 1.29 is 14.6 Å². The van der Waals surface area contributed by atoms with Crippen LogP contribution in [0.2, 0.25) is 0 Å². The molecule has 1 aliphatic heterocycles. The van der Waals surface area contributed by atoms with Crippen LogP contribution in [0.4, 0.5) is 5.82 Å². The molecule has 1 aromatic carbocycles. The molecule has 2 N–H and O–H groups in total. The maximum Gasteiger partial charge on any atom is 0.264 e. The molecule has 0 bridgehead atoms. The molecule has 0 radical (unpaired) electrons. The number of hydrogen-bond donors (Lipinski definition) is 2. The van der Waals surface area contributed by atoms with E-state index in [0.29, 0.717) is 40.5 Å². The highest BCUT2D eigenvalue weighted by atomic mass is 16.5. The lowest BCUT2D eigenvalue weighted by Crippen LogP contribution is -2.25. The highest BCUT2D eigenvalue weighted by molar-refractivity contribution is 5.91. The number of aliphatic hydroxyl groups is 1. The molecule has 4 rings (SSSR count). The Bertz CT molecular complexity index is 1170. The van der Waals surface area contributed by atoms with E-state index in [9.17, 15) is 9.90 Å². The van der Waals surface area contributed by atoms with Gasteiger partial charge in [0.05, 0.1) is 30.8 Å². The zero-order chi connectivity index (χ0) is 23.4. The number of methoxy groups -OCH3 is 1. The zero-order valence-corrected chi connectivity index (χ0v) is 19.4. The molecule has 33 heavy (non-hydrogen) atoms. The first kappa shape index (κ1) is 23.0. The number of aryl methyl sites for hydroxylation is 1. The van der Waals surface area contributed by atoms with E-state index < -0.39 is 6.10 Å². The summed E-state index contributed by atoms with van der Waals surface area (Å²) in [4.78, 5) is 24.2. The Morgan fingerprint density at radius 3 is 2.73 bits per heavy atom. The average molecular weight is 454 g/mol. The lowest BCUT2D eigenvalue weighted by atomic mass is 10.1. The van der Waals surface area contributed by atoms with E-state index in [-0.39, 0.29) is 12.1 Å². The van der Waals surface area contributed by atoms with E-state index in [4.69, 9.17) is 9.47 Å². The molecule has 1 atom stereocenters. The number of nitrogens with zero attached hydrogens (tertiary/aromatic N) is 4. The van der Waals surface area contributed by atoms with Crippen LogP contribution in [-0.2, 0) is 7.05 Å². The fourth-order valence-electron chi connectivity index (χ4n) is 3.98. The fourth-order valence-corrected chi connectivity index (χ4v) is 3.98. The van der Waals surface area contributed by atoms with Crippen molar-refractivity contribution >= 4 is 16.7 Å². The predicted molar refractivity (Wildman–Crippen MR) is 128 cm³/mol. The minimum absolute atomic E-state index is 0.202. The molecule has 0 aliphatic carbocycles. The van der Waals surface area contributed by atoms with Crippen LogP contribution in [0.5, 0.6) is 11.5 Å². The second-order valence-electron chi connectivity index (χ2n) is 8.40. The highest BCUT2D eigenvalue weighted by Gasteiger charge is 2.16. The Morgan fingerprint density at radius 1 is 1.21 bits per heavy atom. The van der Waals surface area contributed by atoms with E-state index in [1.807, 2.05) is 18.2 Å². The van der Waals surface area contributed by atoms with Crippen molar-refractivity contribution in [2.24, 2.45) is 7.05 Å². The average Bonchev–Trinajstić information content (AvgIpc) is 3.33. The van der Waals surface area contributed by atoms with Crippen LogP contribution in [0.1, 0.15) is 19.8 Å². The second-order valence-corrected chi connectivity index (χ2v) is 8.40. The predicted octanol–water partition coefficient (Wildman–Crippen LogP) is 2.27. The van der Waals surface area contributed by atoms with Gasteiger partial charge in [0.2, 0.25) is 0 Å². The maximum atomic E-state index is 12.7. The lowest BCUT2D eigenvalue weighted by Gasteiger charge is -2.17. The minimum atomic E-state index is -0.594. The molecule has 1 fully saturated rings. The van der Waals surface area contributed by atoms with Crippen molar-refractivity contribution in [1.29, 1.82) is 0 Å². The summed E-state index contributed by atoms with van der Waals surface area (Å²) in [5.41, 5.74) is 1.77. The van der Waals surface area contributed by atoms with Gasteiger partial charge in [0.15, 0.2) is 11.5 Å². The van der Waals surface area contributed by atoms with Crippen molar-refractivity contribution in [3.63, 3.8) is 0 Å².